The second-order valence-corrected chi connectivity index (χ2v) is 9.39. The summed E-state index contributed by atoms with van der Waals surface area (Å²) >= 11 is 3.16. The van der Waals surface area contributed by atoms with Gasteiger partial charge in [0.25, 0.3) is 11.5 Å². The lowest BCUT2D eigenvalue weighted by Crippen LogP contribution is -2.34. The average Bonchev–Trinajstić information content (AvgIpc) is 3.54. The molecule has 7 nitrogen and oxygen atoms in total. The molecular weight excluding hydrogens is 432 g/mol. The average molecular weight is 451 g/mol. The number of thiophene rings is 2. The van der Waals surface area contributed by atoms with Crippen LogP contribution in [0.25, 0.3) is 10.6 Å². The van der Waals surface area contributed by atoms with Gasteiger partial charge in [-0.05, 0) is 48.7 Å². The fourth-order valence-electron chi connectivity index (χ4n) is 3.50. The predicted molar refractivity (Wildman–Crippen MR) is 120 cm³/mol. The molecule has 1 amide bonds. The monoisotopic (exact) mass is 450 g/mol. The normalized spacial score (nSPS) is 16.0. The Labute approximate surface area is 185 Å². The highest BCUT2D eigenvalue weighted by molar-refractivity contribution is 7.15. The van der Waals surface area contributed by atoms with E-state index >= 15 is 0 Å². The number of aryl methyl sites for hydroxylation is 1. The van der Waals surface area contributed by atoms with Crippen molar-refractivity contribution in [2.75, 3.05) is 0 Å². The maximum atomic E-state index is 13.2. The van der Waals surface area contributed by atoms with Crippen molar-refractivity contribution < 1.29 is 9.21 Å². The van der Waals surface area contributed by atoms with Crippen molar-refractivity contribution in [3.8, 4) is 10.6 Å². The van der Waals surface area contributed by atoms with Crippen LogP contribution in [-0.4, -0.2) is 26.4 Å². The summed E-state index contributed by atoms with van der Waals surface area (Å²) < 4.78 is 6.69. The van der Waals surface area contributed by atoms with E-state index in [2.05, 4.69) is 10.2 Å². The molecule has 0 aromatic carbocycles. The van der Waals surface area contributed by atoms with Crippen molar-refractivity contribution >= 4 is 34.3 Å². The number of hydrogen-bond acceptors (Lipinski definition) is 7. The molecule has 0 fully saturated rings. The molecule has 0 N–H and O–H groups in total. The van der Waals surface area contributed by atoms with Crippen LogP contribution in [0, 0.1) is 6.92 Å². The summed E-state index contributed by atoms with van der Waals surface area (Å²) in [6.45, 7) is 1.83. The van der Waals surface area contributed by atoms with E-state index < -0.39 is 0 Å². The van der Waals surface area contributed by atoms with Crippen molar-refractivity contribution in [1.82, 2.24) is 14.8 Å². The topological polar surface area (TPSA) is 80.7 Å². The minimum Gasteiger partial charge on any atom is -0.463 e. The molecule has 4 aromatic heterocycles. The maximum absolute atomic E-state index is 13.2. The summed E-state index contributed by atoms with van der Waals surface area (Å²) in [7, 11) is 0. The molecule has 1 atom stereocenters. The van der Waals surface area contributed by atoms with Crippen LogP contribution in [0.2, 0.25) is 0 Å². The summed E-state index contributed by atoms with van der Waals surface area (Å²) in [6, 6.07) is 14.4. The van der Waals surface area contributed by atoms with Gasteiger partial charge in [-0.15, -0.1) is 22.7 Å². The van der Waals surface area contributed by atoms with Gasteiger partial charge < -0.3 is 4.42 Å². The standard InChI is InChI=1S/C22H18N4O3S2/c1-14-6-8-19(31-14)15-7-9-21(27)25(23-15)13-22(28)26-17(20-5-3-11-30-20)12-16(24-26)18-4-2-10-29-18/h2-11,17H,12-13H2,1H3. The number of nitrogens with zero attached hydrogens (tertiary/aromatic N) is 4. The number of amides is 1. The van der Waals surface area contributed by atoms with Crippen LogP contribution in [0.5, 0.6) is 0 Å². The van der Waals surface area contributed by atoms with Crippen molar-refractivity contribution in [1.29, 1.82) is 0 Å². The van der Waals surface area contributed by atoms with Crippen molar-refractivity contribution in [3.05, 3.63) is 86.0 Å². The molecule has 5 rings (SSSR count). The van der Waals surface area contributed by atoms with Crippen molar-refractivity contribution in [2.45, 2.75) is 25.9 Å². The lowest BCUT2D eigenvalue weighted by Gasteiger charge is -2.20. The summed E-state index contributed by atoms with van der Waals surface area (Å²) in [5.41, 5.74) is 1.05. The van der Waals surface area contributed by atoms with Gasteiger partial charge in [0, 0.05) is 22.2 Å². The van der Waals surface area contributed by atoms with Gasteiger partial charge in [-0.2, -0.15) is 10.2 Å². The summed E-state index contributed by atoms with van der Waals surface area (Å²) in [5.74, 6) is 0.344. The Bertz CT molecular complexity index is 1300. The summed E-state index contributed by atoms with van der Waals surface area (Å²) in [4.78, 5) is 28.8. The van der Waals surface area contributed by atoms with Crippen LogP contribution in [0.4, 0.5) is 0 Å². The number of furan rings is 1. The Morgan fingerprint density at radius 3 is 2.81 bits per heavy atom. The fraction of sp³-hybridized carbons (Fsp3) is 0.182. The van der Waals surface area contributed by atoms with Gasteiger partial charge in [-0.25, -0.2) is 9.69 Å². The number of hydrogen-bond donors (Lipinski definition) is 0. The zero-order valence-corrected chi connectivity index (χ0v) is 18.2. The van der Waals surface area contributed by atoms with E-state index in [0.717, 1.165) is 14.6 Å². The molecular formula is C22H18N4O3S2. The molecule has 0 saturated carbocycles. The lowest BCUT2D eigenvalue weighted by molar-refractivity contribution is -0.133. The van der Waals surface area contributed by atoms with Gasteiger partial charge in [0.15, 0.2) is 0 Å². The molecule has 0 radical (unpaired) electrons. The summed E-state index contributed by atoms with van der Waals surface area (Å²) in [5, 5.41) is 12.4. The molecule has 1 unspecified atom stereocenters. The first-order chi connectivity index (χ1) is 15.1. The first kappa shape index (κ1) is 19.7. The number of rotatable bonds is 5. The molecule has 156 valence electrons. The molecule has 9 heteroatoms. The SMILES string of the molecule is Cc1ccc(-c2ccc(=O)n(CC(=O)N3N=C(c4ccco4)CC3c3cccs3)n2)s1. The predicted octanol–water partition coefficient (Wildman–Crippen LogP) is 4.31. The molecule has 0 spiro atoms. The van der Waals surface area contributed by atoms with Crippen LogP contribution in [0.15, 0.2) is 74.5 Å². The van der Waals surface area contributed by atoms with E-state index in [1.54, 1.807) is 41.1 Å². The highest BCUT2D eigenvalue weighted by atomic mass is 32.1. The molecule has 1 aliphatic rings. The number of carbonyl (C=O) groups excluding carboxylic acids is 1. The zero-order valence-electron chi connectivity index (χ0n) is 16.6. The van der Waals surface area contributed by atoms with Crippen LogP contribution >= 0.6 is 22.7 Å². The van der Waals surface area contributed by atoms with E-state index in [4.69, 9.17) is 4.42 Å². The van der Waals surface area contributed by atoms with E-state index in [0.29, 0.717) is 23.6 Å². The van der Waals surface area contributed by atoms with Crippen molar-refractivity contribution in [2.24, 2.45) is 5.10 Å². The van der Waals surface area contributed by atoms with Gasteiger partial charge in [-0.3, -0.25) is 9.59 Å². The Morgan fingerprint density at radius 1 is 1.19 bits per heavy atom. The minimum atomic E-state index is -0.326. The van der Waals surface area contributed by atoms with E-state index in [1.165, 1.54) is 15.8 Å². The molecule has 31 heavy (non-hydrogen) atoms. The second kappa shape index (κ2) is 8.09. The van der Waals surface area contributed by atoms with Crippen molar-refractivity contribution in [3.63, 3.8) is 0 Å². The van der Waals surface area contributed by atoms with Gasteiger partial charge >= 0.3 is 0 Å². The van der Waals surface area contributed by atoms with E-state index in [-0.39, 0.29) is 24.1 Å². The maximum Gasteiger partial charge on any atom is 0.267 e. The number of carbonyl (C=O) groups is 1. The number of hydrazone groups is 1. The molecule has 0 aliphatic carbocycles. The Hall–Kier alpha value is -3.30. The highest BCUT2D eigenvalue weighted by Crippen LogP contribution is 2.35. The third-order valence-electron chi connectivity index (χ3n) is 4.99. The molecule has 4 aromatic rings. The lowest BCUT2D eigenvalue weighted by atomic mass is 10.1. The van der Waals surface area contributed by atoms with Gasteiger partial charge in [0.2, 0.25) is 0 Å². The smallest absolute Gasteiger partial charge is 0.267 e. The number of aromatic nitrogens is 2. The van der Waals surface area contributed by atoms with Crippen LogP contribution in [0.1, 0.15) is 28.0 Å². The van der Waals surface area contributed by atoms with E-state index in [9.17, 15) is 9.59 Å². The third-order valence-corrected chi connectivity index (χ3v) is 6.98. The Balaban J connectivity index is 1.45. The van der Waals surface area contributed by atoms with E-state index in [1.807, 2.05) is 42.6 Å². The molecule has 5 heterocycles. The quantitative estimate of drug-likeness (QED) is 0.454. The first-order valence-electron chi connectivity index (χ1n) is 9.70. The third kappa shape index (κ3) is 3.89. The molecule has 1 aliphatic heterocycles. The van der Waals surface area contributed by atoms with Crippen LogP contribution in [-0.2, 0) is 11.3 Å². The van der Waals surface area contributed by atoms with Crippen LogP contribution < -0.4 is 5.56 Å². The minimum absolute atomic E-state index is 0.187. The molecule has 0 bridgehead atoms. The van der Waals surface area contributed by atoms with Gasteiger partial charge in [-0.1, -0.05) is 6.07 Å². The highest BCUT2D eigenvalue weighted by Gasteiger charge is 2.34. The largest absolute Gasteiger partial charge is 0.463 e. The molecule has 0 saturated heterocycles. The van der Waals surface area contributed by atoms with Gasteiger partial charge in [0.1, 0.15) is 23.7 Å². The van der Waals surface area contributed by atoms with Crippen LogP contribution in [0.3, 0.4) is 0 Å². The summed E-state index contributed by atoms with van der Waals surface area (Å²) in [6.07, 6.45) is 2.14. The second-order valence-electron chi connectivity index (χ2n) is 7.12. The fourth-order valence-corrected chi connectivity index (χ4v) is 5.14. The Morgan fingerprint density at radius 2 is 2.10 bits per heavy atom. The van der Waals surface area contributed by atoms with Gasteiger partial charge in [0.05, 0.1) is 17.2 Å². The Kier molecular flexibility index (Phi) is 5.13. The zero-order chi connectivity index (χ0) is 21.4. The first-order valence-corrected chi connectivity index (χ1v) is 11.4.